The smallest absolute Gasteiger partial charge is 0.249 e. The maximum absolute atomic E-state index is 13.5. The van der Waals surface area contributed by atoms with E-state index in [9.17, 15) is 9.59 Å². The summed E-state index contributed by atoms with van der Waals surface area (Å²) in [5.41, 5.74) is 4.28. The number of aromatic amines is 1. The number of carbonyl (C=O) groups is 2. The van der Waals surface area contributed by atoms with Gasteiger partial charge < -0.3 is 20.5 Å². The first-order chi connectivity index (χ1) is 15.5. The fourth-order valence-corrected chi connectivity index (χ4v) is 4.57. The van der Waals surface area contributed by atoms with Crippen LogP contribution in [0.15, 0.2) is 54.7 Å². The summed E-state index contributed by atoms with van der Waals surface area (Å²) >= 11 is 0. The van der Waals surface area contributed by atoms with E-state index < -0.39 is 12.1 Å². The molecular formula is C26H32N4O2. The lowest BCUT2D eigenvalue weighted by atomic mass is 10.0. The number of fused-ring (bicyclic) bond motifs is 2. The van der Waals surface area contributed by atoms with Gasteiger partial charge in [-0.3, -0.25) is 9.59 Å². The molecule has 3 aromatic rings. The minimum atomic E-state index is -0.549. The van der Waals surface area contributed by atoms with Gasteiger partial charge in [0.1, 0.15) is 6.04 Å². The number of hydrogen-bond donors (Lipinski definition) is 3. The van der Waals surface area contributed by atoms with E-state index in [1.807, 2.05) is 47.5 Å². The Morgan fingerprint density at radius 3 is 2.59 bits per heavy atom. The number of nitrogens with one attached hydrogen (secondary N) is 3. The Morgan fingerprint density at radius 2 is 1.81 bits per heavy atom. The van der Waals surface area contributed by atoms with E-state index in [1.54, 1.807) is 7.05 Å². The summed E-state index contributed by atoms with van der Waals surface area (Å²) in [6.07, 6.45) is 3.96. The van der Waals surface area contributed by atoms with Crippen LogP contribution in [0.3, 0.4) is 0 Å². The van der Waals surface area contributed by atoms with E-state index in [2.05, 4.69) is 41.6 Å². The number of carbonyl (C=O) groups excluding carboxylic acids is 2. The third-order valence-electron chi connectivity index (χ3n) is 6.24. The molecule has 2 amide bonds. The van der Waals surface area contributed by atoms with Crippen LogP contribution >= 0.6 is 0 Å². The van der Waals surface area contributed by atoms with Crippen molar-refractivity contribution in [1.29, 1.82) is 0 Å². The predicted molar refractivity (Wildman–Crippen MR) is 129 cm³/mol. The van der Waals surface area contributed by atoms with Crippen molar-refractivity contribution in [1.82, 2.24) is 15.6 Å². The van der Waals surface area contributed by atoms with Crippen LogP contribution in [0.2, 0.25) is 0 Å². The Labute approximate surface area is 189 Å². The standard InChI is InChI=1S/C26H32N4O2/c1-17(2)14-23(26(32)30-13-12-18-8-4-7-11-24(18)30)29-25(31)22(27-3)15-19-16-28-21-10-6-5-9-20(19)21/h4-11,16-17,22-23,27-28H,12-15H2,1-3H3,(H,29,31). The van der Waals surface area contributed by atoms with Gasteiger partial charge in [-0.05, 0) is 55.5 Å². The average molecular weight is 433 g/mol. The molecule has 0 aliphatic carbocycles. The molecule has 2 aromatic carbocycles. The Bertz CT molecular complexity index is 1100. The number of aromatic nitrogens is 1. The number of rotatable bonds is 8. The maximum Gasteiger partial charge on any atom is 0.249 e. The molecule has 1 aromatic heterocycles. The van der Waals surface area contributed by atoms with Crippen LogP contribution in [0.1, 0.15) is 31.4 Å². The van der Waals surface area contributed by atoms with Crippen LogP contribution in [0.5, 0.6) is 0 Å². The summed E-state index contributed by atoms with van der Waals surface area (Å²) in [6, 6.07) is 15.1. The lowest BCUT2D eigenvalue weighted by molar-refractivity contribution is -0.129. The first-order valence-corrected chi connectivity index (χ1v) is 11.4. The van der Waals surface area contributed by atoms with Crippen molar-refractivity contribution < 1.29 is 9.59 Å². The van der Waals surface area contributed by atoms with E-state index in [4.69, 9.17) is 0 Å². The van der Waals surface area contributed by atoms with Crippen molar-refractivity contribution in [3.8, 4) is 0 Å². The summed E-state index contributed by atoms with van der Waals surface area (Å²) in [4.78, 5) is 31.8. The van der Waals surface area contributed by atoms with E-state index in [1.165, 1.54) is 5.56 Å². The van der Waals surface area contributed by atoms with Crippen LogP contribution in [-0.2, 0) is 22.4 Å². The Kier molecular flexibility index (Phi) is 6.61. The molecule has 6 heteroatoms. The third kappa shape index (κ3) is 4.55. The fourth-order valence-electron chi connectivity index (χ4n) is 4.57. The molecule has 0 bridgehead atoms. The number of hydrogen-bond acceptors (Lipinski definition) is 3. The van der Waals surface area contributed by atoms with Gasteiger partial charge in [0.15, 0.2) is 0 Å². The highest BCUT2D eigenvalue weighted by atomic mass is 16.2. The highest BCUT2D eigenvalue weighted by molar-refractivity contribution is 6.01. The van der Waals surface area contributed by atoms with E-state index >= 15 is 0 Å². The van der Waals surface area contributed by atoms with Crippen molar-refractivity contribution in [3.05, 3.63) is 65.9 Å². The van der Waals surface area contributed by atoms with Crippen molar-refractivity contribution in [3.63, 3.8) is 0 Å². The van der Waals surface area contributed by atoms with E-state index in [0.29, 0.717) is 19.4 Å². The van der Waals surface area contributed by atoms with Gasteiger partial charge in [0, 0.05) is 29.3 Å². The molecule has 0 radical (unpaired) electrons. The van der Waals surface area contributed by atoms with Crippen molar-refractivity contribution in [2.75, 3.05) is 18.5 Å². The number of anilines is 1. The quantitative estimate of drug-likeness (QED) is 0.510. The van der Waals surface area contributed by atoms with Crippen LogP contribution in [-0.4, -0.2) is 42.5 Å². The number of H-pyrrole nitrogens is 1. The zero-order valence-electron chi connectivity index (χ0n) is 19.0. The third-order valence-corrected chi connectivity index (χ3v) is 6.24. The fraction of sp³-hybridized carbons (Fsp3) is 0.385. The molecule has 168 valence electrons. The van der Waals surface area contributed by atoms with Gasteiger partial charge in [-0.15, -0.1) is 0 Å². The lowest BCUT2D eigenvalue weighted by Gasteiger charge is -2.27. The molecule has 2 heterocycles. The second kappa shape index (κ2) is 9.57. The van der Waals surface area contributed by atoms with E-state index in [-0.39, 0.29) is 17.7 Å². The maximum atomic E-state index is 13.5. The number of amides is 2. The highest BCUT2D eigenvalue weighted by Gasteiger charge is 2.32. The molecule has 0 saturated heterocycles. The molecule has 2 unspecified atom stereocenters. The minimum Gasteiger partial charge on any atom is -0.361 e. The van der Waals surface area contributed by atoms with Gasteiger partial charge in [0.2, 0.25) is 11.8 Å². The van der Waals surface area contributed by atoms with Gasteiger partial charge in [0.05, 0.1) is 6.04 Å². The summed E-state index contributed by atoms with van der Waals surface area (Å²) < 4.78 is 0. The summed E-state index contributed by atoms with van der Waals surface area (Å²) in [7, 11) is 1.79. The van der Waals surface area contributed by atoms with Crippen LogP contribution < -0.4 is 15.5 Å². The number of nitrogens with zero attached hydrogens (tertiary/aromatic N) is 1. The normalized spacial score (nSPS) is 15.1. The molecule has 1 aliphatic rings. The first kappa shape index (κ1) is 22.1. The van der Waals surface area contributed by atoms with Crippen molar-refractivity contribution >= 4 is 28.4 Å². The van der Waals surface area contributed by atoms with Crippen molar-refractivity contribution in [2.24, 2.45) is 5.92 Å². The number of likely N-dealkylation sites (N-methyl/N-ethyl adjacent to an activating group) is 1. The molecule has 4 rings (SSSR count). The van der Waals surface area contributed by atoms with Crippen LogP contribution in [0, 0.1) is 5.92 Å². The predicted octanol–water partition coefficient (Wildman–Crippen LogP) is 3.42. The molecule has 0 saturated carbocycles. The Morgan fingerprint density at radius 1 is 1.06 bits per heavy atom. The average Bonchev–Trinajstić information content (AvgIpc) is 3.40. The summed E-state index contributed by atoms with van der Waals surface area (Å²) in [6.45, 7) is 4.81. The molecule has 32 heavy (non-hydrogen) atoms. The minimum absolute atomic E-state index is 0.0288. The zero-order chi connectivity index (χ0) is 22.7. The molecular weight excluding hydrogens is 400 g/mol. The lowest BCUT2D eigenvalue weighted by Crippen LogP contribution is -2.54. The Balaban J connectivity index is 1.50. The van der Waals surface area contributed by atoms with Gasteiger partial charge in [-0.25, -0.2) is 0 Å². The molecule has 0 fully saturated rings. The summed E-state index contributed by atoms with van der Waals surface area (Å²) in [5, 5.41) is 7.32. The largest absolute Gasteiger partial charge is 0.361 e. The van der Waals surface area contributed by atoms with Gasteiger partial charge in [-0.2, -0.15) is 0 Å². The van der Waals surface area contributed by atoms with Crippen LogP contribution in [0.25, 0.3) is 10.9 Å². The van der Waals surface area contributed by atoms with Gasteiger partial charge in [-0.1, -0.05) is 50.2 Å². The number of benzene rings is 2. The van der Waals surface area contributed by atoms with Crippen LogP contribution in [0.4, 0.5) is 5.69 Å². The number of para-hydroxylation sites is 2. The molecule has 0 spiro atoms. The Hall–Kier alpha value is -3.12. The zero-order valence-corrected chi connectivity index (χ0v) is 19.0. The SMILES string of the molecule is CNC(Cc1c[nH]c2ccccc12)C(=O)NC(CC(C)C)C(=O)N1CCc2ccccc21. The van der Waals surface area contributed by atoms with Crippen molar-refractivity contribution in [2.45, 2.75) is 45.2 Å². The monoisotopic (exact) mass is 432 g/mol. The van der Waals surface area contributed by atoms with Gasteiger partial charge >= 0.3 is 0 Å². The molecule has 3 N–H and O–H groups in total. The molecule has 6 nitrogen and oxygen atoms in total. The summed E-state index contributed by atoms with van der Waals surface area (Å²) in [5.74, 6) is 0.104. The van der Waals surface area contributed by atoms with E-state index in [0.717, 1.165) is 28.6 Å². The second-order valence-corrected chi connectivity index (χ2v) is 8.96. The molecule has 1 aliphatic heterocycles. The second-order valence-electron chi connectivity index (χ2n) is 8.96. The first-order valence-electron chi connectivity index (χ1n) is 11.4. The topological polar surface area (TPSA) is 77.2 Å². The molecule has 2 atom stereocenters. The van der Waals surface area contributed by atoms with Gasteiger partial charge in [0.25, 0.3) is 0 Å². The highest BCUT2D eigenvalue weighted by Crippen LogP contribution is 2.28.